The molecule has 1 aliphatic rings. The van der Waals surface area contributed by atoms with E-state index in [9.17, 15) is 0 Å². The van der Waals surface area contributed by atoms with Crippen molar-refractivity contribution in [3.63, 3.8) is 0 Å². The highest BCUT2D eigenvalue weighted by Crippen LogP contribution is 2.23. The van der Waals surface area contributed by atoms with E-state index in [1.165, 1.54) is 12.8 Å². The Kier molecular flexibility index (Phi) is 4.16. The topological polar surface area (TPSA) is 9.23 Å². The maximum Gasteiger partial charge on any atom is 0.0578 e. The maximum atomic E-state index is 5.55. The summed E-state index contributed by atoms with van der Waals surface area (Å²) in [5.74, 6) is 0.730. The fourth-order valence-electron chi connectivity index (χ4n) is 1.47. The first-order valence-electron chi connectivity index (χ1n) is 4.25. The Labute approximate surface area is 76.9 Å². The van der Waals surface area contributed by atoms with Crippen molar-refractivity contribution >= 4 is 15.9 Å². The van der Waals surface area contributed by atoms with Crippen LogP contribution in [-0.2, 0) is 4.74 Å². The number of ether oxygens (including phenoxy) is 1. The zero-order valence-corrected chi connectivity index (χ0v) is 8.51. The normalized spacial score (nSPS) is 32.9. The van der Waals surface area contributed by atoms with Crippen LogP contribution in [0.3, 0.4) is 0 Å². The molecule has 1 rings (SSSR count). The van der Waals surface area contributed by atoms with Crippen LogP contribution in [0.1, 0.15) is 26.2 Å². The summed E-state index contributed by atoms with van der Waals surface area (Å²) >= 11 is 3.31. The lowest BCUT2D eigenvalue weighted by atomic mass is 9.95. The third kappa shape index (κ3) is 2.96. The van der Waals surface area contributed by atoms with Gasteiger partial charge >= 0.3 is 0 Å². The van der Waals surface area contributed by atoms with E-state index in [0.29, 0.717) is 6.10 Å². The third-order valence-electron chi connectivity index (χ3n) is 2.21. The molecule has 0 aromatic rings. The van der Waals surface area contributed by atoms with Crippen molar-refractivity contribution in [2.75, 3.05) is 6.61 Å². The van der Waals surface area contributed by atoms with Gasteiger partial charge in [-0.2, -0.15) is 0 Å². The molecule has 1 saturated heterocycles. The number of hydrogen-bond acceptors (Lipinski definition) is 1. The minimum Gasteiger partial charge on any atom is -0.378 e. The second-order valence-electron chi connectivity index (χ2n) is 3.00. The summed E-state index contributed by atoms with van der Waals surface area (Å²) < 4.78 is 5.55. The molecule has 1 aliphatic heterocycles. The van der Waals surface area contributed by atoms with Gasteiger partial charge in [0.15, 0.2) is 0 Å². The Bertz CT molecular complexity index is 134. The van der Waals surface area contributed by atoms with Gasteiger partial charge in [0.25, 0.3) is 0 Å². The summed E-state index contributed by atoms with van der Waals surface area (Å²) in [7, 11) is 0. The summed E-state index contributed by atoms with van der Waals surface area (Å²) in [5.41, 5.74) is 0. The third-order valence-corrected chi connectivity index (χ3v) is 2.51. The van der Waals surface area contributed by atoms with Crippen molar-refractivity contribution in [2.24, 2.45) is 5.92 Å². The molecule has 0 bridgehead atoms. The first-order valence-corrected chi connectivity index (χ1v) is 5.17. The Morgan fingerprint density at radius 2 is 2.45 bits per heavy atom. The largest absolute Gasteiger partial charge is 0.378 e. The summed E-state index contributed by atoms with van der Waals surface area (Å²) in [4.78, 5) is 1.97. The molecule has 11 heavy (non-hydrogen) atoms. The zero-order valence-electron chi connectivity index (χ0n) is 6.92. The van der Waals surface area contributed by atoms with Crippen molar-refractivity contribution in [2.45, 2.75) is 32.3 Å². The molecule has 0 aliphatic carbocycles. The van der Waals surface area contributed by atoms with Crippen molar-refractivity contribution in [1.29, 1.82) is 0 Å². The van der Waals surface area contributed by atoms with E-state index in [-0.39, 0.29) is 0 Å². The molecule has 1 fully saturated rings. The first kappa shape index (κ1) is 9.27. The van der Waals surface area contributed by atoms with Gasteiger partial charge in [0.05, 0.1) is 6.10 Å². The van der Waals surface area contributed by atoms with Crippen LogP contribution < -0.4 is 0 Å². The average Bonchev–Trinajstić information content (AvgIpc) is 2.06. The lowest BCUT2D eigenvalue weighted by Gasteiger charge is -2.26. The fraction of sp³-hybridized carbons (Fsp3) is 0.778. The molecule has 2 atom stereocenters. The molecule has 0 radical (unpaired) electrons. The summed E-state index contributed by atoms with van der Waals surface area (Å²) in [6.45, 7) is 3.12. The second kappa shape index (κ2) is 4.94. The number of hydrogen-bond donors (Lipinski definition) is 0. The second-order valence-corrected chi connectivity index (χ2v) is 3.53. The first-order chi connectivity index (χ1) is 5.36. The van der Waals surface area contributed by atoms with Gasteiger partial charge in [0, 0.05) is 6.61 Å². The van der Waals surface area contributed by atoms with Crippen molar-refractivity contribution in [1.82, 2.24) is 0 Å². The van der Waals surface area contributed by atoms with E-state index in [1.807, 2.05) is 4.99 Å². The van der Waals surface area contributed by atoms with Crippen LogP contribution in [-0.4, -0.2) is 12.7 Å². The fourth-order valence-corrected chi connectivity index (χ4v) is 1.90. The Morgan fingerprint density at radius 1 is 1.64 bits per heavy atom. The highest BCUT2D eigenvalue weighted by molar-refractivity contribution is 9.11. The van der Waals surface area contributed by atoms with E-state index < -0.39 is 0 Å². The summed E-state index contributed by atoms with van der Waals surface area (Å²) in [5, 5.41) is 0. The molecule has 0 N–H and O–H groups in total. The SMILES string of the molecule is CCC1CC(/C=C/Br)CCO1. The number of halogens is 1. The van der Waals surface area contributed by atoms with Gasteiger partial charge in [-0.1, -0.05) is 28.9 Å². The average molecular weight is 219 g/mol. The highest BCUT2D eigenvalue weighted by atomic mass is 79.9. The van der Waals surface area contributed by atoms with Crippen LogP contribution in [0.5, 0.6) is 0 Å². The van der Waals surface area contributed by atoms with Gasteiger partial charge in [0.1, 0.15) is 0 Å². The van der Waals surface area contributed by atoms with Gasteiger partial charge in [-0.3, -0.25) is 0 Å². The van der Waals surface area contributed by atoms with Gasteiger partial charge < -0.3 is 4.74 Å². The summed E-state index contributed by atoms with van der Waals surface area (Å²) in [6, 6.07) is 0. The minimum absolute atomic E-state index is 0.498. The molecule has 2 heteroatoms. The molecule has 0 saturated carbocycles. The number of allylic oxidation sites excluding steroid dienone is 1. The quantitative estimate of drug-likeness (QED) is 0.693. The molecular weight excluding hydrogens is 204 g/mol. The van der Waals surface area contributed by atoms with Gasteiger partial charge in [-0.05, 0) is 30.2 Å². The van der Waals surface area contributed by atoms with Crippen LogP contribution in [0, 0.1) is 5.92 Å². The smallest absolute Gasteiger partial charge is 0.0578 e. The van der Waals surface area contributed by atoms with Gasteiger partial charge in [0.2, 0.25) is 0 Å². The monoisotopic (exact) mass is 218 g/mol. The molecule has 64 valence electrons. The van der Waals surface area contributed by atoms with Crippen LogP contribution in [0.15, 0.2) is 11.1 Å². The lowest BCUT2D eigenvalue weighted by molar-refractivity contribution is -0.000910. The molecule has 0 aromatic carbocycles. The van der Waals surface area contributed by atoms with Crippen molar-refractivity contribution in [3.8, 4) is 0 Å². The van der Waals surface area contributed by atoms with Crippen molar-refractivity contribution < 1.29 is 4.74 Å². The predicted octanol–water partition coefficient (Wildman–Crippen LogP) is 3.10. The zero-order chi connectivity index (χ0) is 8.10. The Balaban J connectivity index is 2.33. The maximum absolute atomic E-state index is 5.55. The Morgan fingerprint density at radius 3 is 3.09 bits per heavy atom. The van der Waals surface area contributed by atoms with Crippen LogP contribution in [0.4, 0.5) is 0 Å². The standard InChI is InChI=1S/C9H15BrO/c1-2-9-7-8(3-5-10)4-6-11-9/h3,5,8-9H,2,4,6-7H2,1H3/b5-3+. The Hall–Kier alpha value is 0.180. The summed E-state index contributed by atoms with van der Waals surface area (Å²) in [6.07, 6.45) is 6.24. The number of rotatable bonds is 2. The molecule has 1 nitrogen and oxygen atoms in total. The van der Waals surface area contributed by atoms with Gasteiger partial charge in [-0.15, -0.1) is 0 Å². The molecule has 2 unspecified atom stereocenters. The highest BCUT2D eigenvalue weighted by Gasteiger charge is 2.18. The van der Waals surface area contributed by atoms with E-state index >= 15 is 0 Å². The van der Waals surface area contributed by atoms with Gasteiger partial charge in [-0.25, -0.2) is 0 Å². The van der Waals surface area contributed by atoms with E-state index in [4.69, 9.17) is 4.74 Å². The molecule has 0 spiro atoms. The molecule has 0 amide bonds. The molecule has 0 aromatic heterocycles. The molecule has 1 heterocycles. The lowest BCUT2D eigenvalue weighted by Crippen LogP contribution is -2.23. The van der Waals surface area contributed by atoms with E-state index in [1.54, 1.807) is 0 Å². The predicted molar refractivity (Wildman–Crippen MR) is 50.8 cm³/mol. The van der Waals surface area contributed by atoms with Crippen LogP contribution >= 0.6 is 15.9 Å². The van der Waals surface area contributed by atoms with E-state index in [2.05, 4.69) is 28.9 Å². The molecular formula is C9H15BrO. The van der Waals surface area contributed by atoms with Crippen LogP contribution in [0.25, 0.3) is 0 Å². The van der Waals surface area contributed by atoms with Crippen molar-refractivity contribution in [3.05, 3.63) is 11.1 Å². The minimum atomic E-state index is 0.498. The van der Waals surface area contributed by atoms with Crippen LogP contribution in [0.2, 0.25) is 0 Å². The van der Waals surface area contributed by atoms with E-state index in [0.717, 1.165) is 18.9 Å².